The van der Waals surface area contributed by atoms with Crippen LogP contribution in [0.4, 0.5) is 0 Å². The molecule has 0 aromatic heterocycles. The van der Waals surface area contributed by atoms with Gasteiger partial charge in [0.1, 0.15) is 0 Å². The lowest BCUT2D eigenvalue weighted by atomic mass is 9.98. The van der Waals surface area contributed by atoms with E-state index in [-0.39, 0.29) is 13.0 Å². The molecule has 2 N–H and O–H groups in total. The summed E-state index contributed by atoms with van der Waals surface area (Å²) in [7, 11) is 0. The zero-order chi connectivity index (χ0) is 11.6. The second-order valence-corrected chi connectivity index (χ2v) is 3.49. The van der Waals surface area contributed by atoms with Crippen LogP contribution in [0.25, 0.3) is 0 Å². The summed E-state index contributed by atoms with van der Waals surface area (Å²) in [5.74, 6) is -3.38. The Kier molecular flexibility index (Phi) is 3.43. The van der Waals surface area contributed by atoms with Gasteiger partial charge in [0.25, 0.3) is 0 Å². The Balaban J connectivity index is 2.72. The van der Waals surface area contributed by atoms with Crippen molar-refractivity contribution >= 4 is 11.8 Å². The van der Waals surface area contributed by atoms with Crippen LogP contribution in [0.1, 0.15) is 20.3 Å². The van der Waals surface area contributed by atoms with E-state index in [9.17, 15) is 19.8 Å². The van der Waals surface area contributed by atoms with Crippen LogP contribution in [0.15, 0.2) is 0 Å². The van der Waals surface area contributed by atoms with Crippen molar-refractivity contribution in [3.05, 3.63) is 0 Å². The Bertz CT molecular complexity index is 272. The monoisotopic (exact) mass is 218 g/mol. The number of aliphatic hydroxyl groups is 2. The van der Waals surface area contributed by atoms with Gasteiger partial charge in [0.05, 0.1) is 6.61 Å². The van der Waals surface area contributed by atoms with Crippen LogP contribution in [-0.4, -0.2) is 46.6 Å². The van der Waals surface area contributed by atoms with E-state index in [1.54, 1.807) is 6.92 Å². The SMILES string of the molecule is CCOC(=O)[C@@H]1CC(=O)[C@@H](O)[C@](C)(O)O1. The fourth-order valence-electron chi connectivity index (χ4n) is 1.35. The maximum atomic E-state index is 11.2. The summed E-state index contributed by atoms with van der Waals surface area (Å²) >= 11 is 0. The Morgan fingerprint density at radius 2 is 2.33 bits per heavy atom. The smallest absolute Gasteiger partial charge is 0.335 e. The first-order valence-electron chi connectivity index (χ1n) is 4.66. The standard InChI is InChI=1S/C9H14O6/c1-3-14-8(12)6-4-5(10)7(11)9(2,13)15-6/h6-7,11,13H,3-4H2,1-2H3/t6-,7+,9+/m0/s1. The fourth-order valence-corrected chi connectivity index (χ4v) is 1.35. The van der Waals surface area contributed by atoms with Crippen molar-refractivity contribution in [1.82, 2.24) is 0 Å². The van der Waals surface area contributed by atoms with Crippen LogP contribution in [0.5, 0.6) is 0 Å². The Morgan fingerprint density at radius 1 is 1.73 bits per heavy atom. The predicted molar refractivity (Wildman–Crippen MR) is 47.8 cm³/mol. The molecule has 3 atom stereocenters. The number of Topliss-reactive ketones (excluding diaryl/α,β-unsaturated/α-hetero) is 1. The second kappa shape index (κ2) is 4.26. The summed E-state index contributed by atoms with van der Waals surface area (Å²) in [6.07, 6.45) is -3.05. The first-order valence-corrected chi connectivity index (χ1v) is 4.66. The van der Waals surface area contributed by atoms with E-state index >= 15 is 0 Å². The fraction of sp³-hybridized carbons (Fsp3) is 0.778. The molecule has 0 radical (unpaired) electrons. The van der Waals surface area contributed by atoms with E-state index in [2.05, 4.69) is 4.74 Å². The van der Waals surface area contributed by atoms with Gasteiger partial charge in [-0.1, -0.05) is 0 Å². The number of hydrogen-bond acceptors (Lipinski definition) is 6. The van der Waals surface area contributed by atoms with Gasteiger partial charge in [-0.2, -0.15) is 0 Å². The summed E-state index contributed by atoms with van der Waals surface area (Å²) in [5.41, 5.74) is 0. The van der Waals surface area contributed by atoms with Crippen LogP contribution in [0.2, 0.25) is 0 Å². The van der Waals surface area contributed by atoms with Crippen LogP contribution in [0.3, 0.4) is 0 Å². The van der Waals surface area contributed by atoms with E-state index < -0.39 is 29.7 Å². The third kappa shape index (κ3) is 2.53. The number of carbonyl (C=O) groups excluding carboxylic acids is 2. The molecule has 86 valence electrons. The molecule has 1 heterocycles. The minimum atomic E-state index is -2.03. The number of aliphatic hydroxyl groups excluding tert-OH is 1. The van der Waals surface area contributed by atoms with E-state index in [1.807, 2.05) is 0 Å². The molecule has 0 amide bonds. The Morgan fingerprint density at radius 3 is 2.80 bits per heavy atom. The first-order chi connectivity index (χ1) is 6.88. The van der Waals surface area contributed by atoms with Crippen LogP contribution in [-0.2, 0) is 19.1 Å². The topological polar surface area (TPSA) is 93.1 Å². The Labute approximate surface area is 86.8 Å². The van der Waals surface area contributed by atoms with E-state index in [1.165, 1.54) is 0 Å². The Hall–Kier alpha value is -0.980. The normalized spacial score (nSPS) is 36.4. The third-order valence-electron chi connectivity index (χ3n) is 2.13. The molecular formula is C9H14O6. The number of ketones is 1. The van der Waals surface area contributed by atoms with Crippen LogP contribution >= 0.6 is 0 Å². The number of carbonyl (C=O) groups is 2. The number of rotatable bonds is 2. The molecule has 0 aromatic rings. The maximum absolute atomic E-state index is 11.2. The lowest BCUT2D eigenvalue weighted by Gasteiger charge is -2.35. The van der Waals surface area contributed by atoms with Gasteiger partial charge in [-0.05, 0) is 13.8 Å². The second-order valence-electron chi connectivity index (χ2n) is 3.49. The van der Waals surface area contributed by atoms with Gasteiger partial charge in [0.15, 0.2) is 23.8 Å². The van der Waals surface area contributed by atoms with Crippen molar-refractivity contribution in [2.75, 3.05) is 6.61 Å². The largest absolute Gasteiger partial charge is 0.464 e. The summed E-state index contributed by atoms with van der Waals surface area (Å²) in [6, 6.07) is 0. The molecule has 6 heteroatoms. The summed E-state index contributed by atoms with van der Waals surface area (Å²) < 4.78 is 9.53. The van der Waals surface area contributed by atoms with Gasteiger partial charge in [0, 0.05) is 6.42 Å². The highest BCUT2D eigenvalue weighted by Gasteiger charge is 2.47. The summed E-state index contributed by atoms with van der Waals surface area (Å²) in [6.45, 7) is 2.91. The molecule has 1 rings (SSSR count). The molecule has 0 unspecified atom stereocenters. The molecule has 15 heavy (non-hydrogen) atoms. The molecule has 1 aliphatic rings. The van der Waals surface area contributed by atoms with Gasteiger partial charge in [-0.25, -0.2) is 4.79 Å². The van der Waals surface area contributed by atoms with Gasteiger partial charge >= 0.3 is 5.97 Å². The number of hydrogen-bond donors (Lipinski definition) is 2. The van der Waals surface area contributed by atoms with Gasteiger partial charge < -0.3 is 19.7 Å². The highest BCUT2D eigenvalue weighted by molar-refractivity contribution is 5.90. The first kappa shape index (κ1) is 12.1. The molecular weight excluding hydrogens is 204 g/mol. The highest BCUT2D eigenvalue weighted by Crippen LogP contribution is 2.24. The zero-order valence-electron chi connectivity index (χ0n) is 8.60. The number of esters is 1. The summed E-state index contributed by atoms with van der Waals surface area (Å²) in [5, 5.41) is 18.8. The maximum Gasteiger partial charge on any atom is 0.335 e. The molecule has 0 bridgehead atoms. The third-order valence-corrected chi connectivity index (χ3v) is 2.13. The quantitative estimate of drug-likeness (QED) is 0.576. The van der Waals surface area contributed by atoms with Crippen molar-refractivity contribution in [1.29, 1.82) is 0 Å². The van der Waals surface area contributed by atoms with Gasteiger partial charge in [0.2, 0.25) is 0 Å². The van der Waals surface area contributed by atoms with Crippen molar-refractivity contribution in [2.24, 2.45) is 0 Å². The highest BCUT2D eigenvalue weighted by atomic mass is 16.7. The van der Waals surface area contributed by atoms with Crippen molar-refractivity contribution in [2.45, 2.75) is 38.3 Å². The van der Waals surface area contributed by atoms with E-state index in [4.69, 9.17) is 4.74 Å². The lowest BCUT2D eigenvalue weighted by molar-refractivity contribution is -0.275. The molecule has 1 fully saturated rings. The van der Waals surface area contributed by atoms with Crippen molar-refractivity contribution in [3.8, 4) is 0 Å². The van der Waals surface area contributed by atoms with E-state index in [0.29, 0.717) is 0 Å². The summed E-state index contributed by atoms with van der Waals surface area (Å²) in [4.78, 5) is 22.5. The molecule has 0 spiro atoms. The molecule has 0 saturated carbocycles. The van der Waals surface area contributed by atoms with Crippen LogP contribution < -0.4 is 0 Å². The predicted octanol–water partition coefficient (Wildman–Crippen LogP) is -1.02. The number of ether oxygens (including phenoxy) is 2. The molecule has 0 aromatic carbocycles. The van der Waals surface area contributed by atoms with Crippen molar-refractivity contribution in [3.63, 3.8) is 0 Å². The minimum absolute atomic E-state index is 0.164. The molecule has 6 nitrogen and oxygen atoms in total. The average Bonchev–Trinajstić information content (AvgIpc) is 2.13. The van der Waals surface area contributed by atoms with Crippen molar-refractivity contribution < 1.29 is 29.3 Å². The molecule has 0 aliphatic carbocycles. The zero-order valence-corrected chi connectivity index (χ0v) is 8.60. The van der Waals surface area contributed by atoms with Gasteiger partial charge in [-0.15, -0.1) is 0 Å². The molecule has 1 saturated heterocycles. The van der Waals surface area contributed by atoms with E-state index in [0.717, 1.165) is 6.92 Å². The minimum Gasteiger partial charge on any atom is -0.464 e. The van der Waals surface area contributed by atoms with Crippen LogP contribution in [0, 0.1) is 0 Å². The van der Waals surface area contributed by atoms with Gasteiger partial charge in [-0.3, -0.25) is 4.79 Å². The average molecular weight is 218 g/mol. The molecule has 1 aliphatic heterocycles. The lowest BCUT2D eigenvalue weighted by Crippen LogP contribution is -2.56.